The number of rotatable bonds is 4. The first-order valence-corrected chi connectivity index (χ1v) is 20.4. The molecular formula is C55H42S. The van der Waals surface area contributed by atoms with E-state index in [2.05, 4.69) is 190 Å². The van der Waals surface area contributed by atoms with Crippen molar-refractivity contribution in [3.05, 3.63) is 214 Å². The van der Waals surface area contributed by atoms with Gasteiger partial charge in [-0.1, -0.05) is 173 Å². The number of thiophene rings is 1. The van der Waals surface area contributed by atoms with Crippen molar-refractivity contribution in [3.63, 3.8) is 0 Å². The summed E-state index contributed by atoms with van der Waals surface area (Å²) in [5.74, 6) is 0. The SMILES string of the molecule is C=C(/C=c1/ccc(-c2ccccc2)cc1=C)C1=c2cccc/c2=C(c2cc3c(ccc4c5ccccc5sc34)c3c2C(C)(C)c2ccccc2-3)/C=C/CCC=C1. The molecule has 268 valence electrons. The predicted octanol–water partition coefficient (Wildman–Crippen LogP) is 11.9. The Bertz CT molecular complexity index is 3240. The number of hydrogen-bond acceptors (Lipinski definition) is 1. The Kier molecular flexibility index (Phi) is 8.24. The van der Waals surface area contributed by atoms with Crippen LogP contribution in [0.5, 0.6) is 0 Å². The third-order valence-corrected chi connectivity index (χ3v) is 13.2. The highest BCUT2D eigenvalue weighted by Crippen LogP contribution is 2.55. The fraction of sp³-hybridized carbons (Fsp3) is 0.0909. The van der Waals surface area contributed by atoms with Crippen LogP contribution in [-0.4, -0.2) is 0 Å². The van der Waals surface area contributed by atoms with E-state index in [4.69, 9.17) is 6.58 Å². The van der Waals surface area contributed by atoms with Gasteiger partial charge < -0.3 is 0 Å². The van der Waals surface area contributed by atoms with Gasteiger partial charge in [0.05, 0.1) is 0 Å². The first-order chi connectivity index (χ1) is 27.4. The molecule has 10 rings (SSSR count). The van der Waals surface area contributed by atoms with Crippen LogP contribution in [0, 0.1) is 0 Å². The van der Waals surface area contributed by atoms with Crippen LogP contribution in [0.4, 0.5) is 0 Å². The maximum atomic E-state index is 4.72. The van der Waals surface area contributed by atoms with Crippen LogP contribution < -0.4 is 20.9 Å². The summed E-state index contributed by atoms with van der Waals surface area (Å²) in [6.07, 6.45) is 13.5. The summed E-state index contributed by atoms with van der Waals surface area (Å²) >= 11 is 1.92. The maximum absolute atomic E-state index is 4.72. The van der Waals surface area contributed by atoms with Crippen LogP contribution in [0.2, 0.25) is 0 Å². The van der Waals surface area contributed by atoms with Crippen molar-refractivity contribution in [2.24, 2.45) is 0 Å². The fourth-order valence-corrected chi connectivity index (χ4v) is 10.5. The zero-order chi connectivity index (χ0) is 38.0. The molecule has 0 atom stereocenters. The molecule has 8 aromatic rings. The van der Waals surface area contributed by atoms with Gasteiger partial charge in [0, 0.05) is 31.0 Å². The molecule has 0 N–H and O–H groups in total. The summed E-state index contributed by atoms with van der Waals surface area (Å²) < 4.78 is 2.68. The minimum absolute atomic E-state index is 0.198. The number of hydrogen-bond donors (Lipinski definition) is 0. The van der Waals surface area contributed by atoms with E-state index in [9.17, 15) is 0 Å². The van der Waals surface area contributed by atoms with Crippen molar-refractivity contribution >= 4 is 66.1 Å². The quantitative estimate of drug-likeness (QED) is 0.169. The molecule has 0 nitrogen and oxygen atoms in total. The Morgan fingerprint density at radius 3 is 2.18 bits per heavy atom. The van der Waals surface area contributed by atoms with Crippen LogP contribution in [0.25, 0.3) is 77.0 Å². The first-order valence-electron chi connectivity index (χ1n) is 19.6. The predicted molar refractivity (Wildman–Crippen MR) is 244 cm³/mol. The van der Waals surface area contributed by atoms with Gasteiger partial charge in [-0.25, -0.2) is 0 Å². The lowest BCUT2D eigenvalue weighted by Gasteiger charge is -2.26. The molecule has 1 heteroatoms. The van der Waals surface area contributed by atoms with Crippen molar-refractivity contribution in [1.29, 1.82) is 0 Å². The van der Waals surface area contributed by atoms with Gasteiger partial charge in [0.25, 0.3) is 0 Å². The summed E-state index contributed by atoms with van der Waals surface area (Å²) in [5, 5.41) is 9.77. The molecule has 2 aliphatic carbocycles. The van der Waals surface area contributed by atoms with Crippen LogP contribution in [0.1, 0.15) is 43.4 Å². The molecular weight excluding hydrogens is 693 g/mol. The highest BCUT2D eigenvalue weighted by Gasteiger charge is 2.39. The smallest absolute Gasteiger partial charge is 0.0434 e. The molecule has 2 aliphatic rings. The molecule has 7 aromatic carbocycles. The zero-order valence-electron chi connectivity index (χ0n) is 31.9. The van der Waals surface area contributed by atoms with Crippen LogP contribution >= 0.6 is 11.3 Å². The first kappa shape index (κ1) is 34.2. The Hall–Kier alpha value is -6.28. The minimum atomic E-state index is -0.198. The second kappa shape index (κ2) is 13.5. The van der Waals surface area contributed by atoms with Gasteiger partial charge in [0.2, 0.25) is 0 Å². The standard InChI is InChI=1S/C55H42S/c1-35-32-39(37-18-8-7-9-19-37)29-28-38(35)33-36(2)40-20-10-5-6-11-21-43(42-23-13-12-22-41(40)42)48-34-49-45(30-31-46-44-24-15-17-27-51(44)56-54(46)49)52-47-25-14-16-26-50(47)55(3,4)53(48)52/h7-34H,1-2,5-6H2,3-4H3/b20-10?,21-11+,38-33-,41-40?,43-42+. The molecule has 0 saturated carbocycles. The molecule has 1 heterocycles. The minimum Gasteiger partial charge on any atom is -0.135 e. The maximum Gasteiger partial charge on any atom is 0.0434 e. The second-order valence-corrected chi connectivity index (χ2v) is 16.7. The Labute approximate surface area is 332 Å². The molecule has 0 bridgehead atoms. The average Bonchev–Trinajstić information content (AvgIpc) is 3.73. The van der Waals surface area contributed by atoms with Gasteiger partial charge in [-0.15, -0.1) is 11.3 Å². The largest absolute Gasteiger partial charge is 0.135 e. The van der Waals surface area contributed by atoms with Gasteiger partial charge in [0.15, 0.2) is 0 Å². The third-order valence-electron chi connectivity index (χ3n) is 11.9. The monoisotopic (exact) mass is 734 g/mol. The number of allylic oxidation sites excluding steroid dienone is 5. The van der Waals surface area contributed by atoms with Gasteiger partial charge in [-0.3, -0.25) is 0 Å². The van der Waals surface area contributed by atoms with Gasteiger partial charge in [-0.2, -0.15) is 0 Å². The Morgan fingerprint density at radius 2 is 1.34 bits per heavy atom. The lowest BCUT2D eigenvalue weighted by Crippen LogP contribution is -2.30. The van der Waals surface area contributed by atoms with Crippen LogP contribution in [0.15, 0.2) is 176 Å². The molecule has 0 spiro atoms. The number of fused-ring (bicyclic) bond motifs is 10. The molecule has 0 unspecified atom stereocenters. The van der Waals surface area contributed by atoms with Gasteiger partial charge >= 0.3 is 0 Å². The Balaban J connectivity index is 1.29. The van der Waals surface area contributed by atoms with E-state index in [1.165, 1.54) is 85.9 Å². The van der Waals surface area contributed by atoms with Crippen molar-refractivity contribution in [2.75, 3.05) is 0 Å². The van der Waals surface area contributed by atoms with Crippen LogP contribution in [0.3, 0.4) is 0 Å². The number of benzene rings is 7. The zero-order valence-corrected chi connectivity index (χ0v) is 32.7. The average molecular weight is 735 g/mol. The highest BCUT2D eigenvalue weighted by molar-refractivity contribution is 7.26. The topological polar surface area (TPSA) is 0 Å². The fourth-order valence-electron chi connectivity index (χ4n) is 9.24. The van der Waals surface area contributed by atoms with Crippen molar-refractivity contribution in [3.8, 4) is 22.3 Å². The molecule has 56 heavy (non-hydrogen) atoms. The van der Waals surface area contributed by atoms with E-state index < -0.39 is 0 Å². The van der Waals surface area contributed by atoms with E-state index in [-0.39, 0.29) is 5.41 Å². The summed E-state index contributed by atoms with van der Waals surface area (Å²) in [6, 6.07) is 51.2. The van der Waals surface area contributed by atoms with E-state index >= 15 is 0 Å². The molecule has 0 aliphatic heterocycles. The lowest BCUT2D eigenvalue weighted by atomic mass is 9.77. The summed E-state index contributed by atoms with van der Waals surface area (Å²) in [7, 11) is 0. The molecule has 1 aromatic heterocycles. The molecule has 0 fully saturated rings. The molecule has 0 saturated heterocycles. The van der Waals surface area contributed by atoms with Crippen molar-refractivity contribution < 1.29 is 0 Å². The molecule has 0 amide bonds. The lowest BCUT2D eigenvalue weighted by molar-refractivity contribution is 0.659. The van der Waals surface area contributed by atoms with E-state index in [1.807, 2.05) is 11.3 Å². The van der Waals surface area contributed by atoms with E-state index in [0.29, 0.717) is 0 Å². The summed E-state index contributed by atoms with van der Waals surface area (Å²) in [5.41, 5.74) is 12.3. The summed E-state index contributed by atoms with van der Waals surface area (Å²) in [4.78, 5) is 0. The summed E-state index contributed by atoms with van der Waals surface area (Å²) in [6.45, 7) is 14.0. The normalized spacial score (nSPS) is 16.5. The van der Waals surface area contributed by atoms with E-state index in [1.54, 1.807) is 0 Å². The van der Waals surface area contributed by atoms with E-state index in [0.717, 1.165) is 34.4 Å². The highest BCUT2D eigenvalue weighted by atomic mass is 32.1. The van der Waals surface area contributed by atoms with Gasteiger partial charge in [0.1, 0.15) is 0 Å². The second-order valence-electron chi connectivity index (χ2n) is 15.7. The third kappa shape index (κ3) is 5.49. The van der Waals surface area contributed by atoms with Gasteiger partial charge in [-0.05, 0) is 119 Å². The van der Waals surface area contributed by atoms with Crippen LogP contribution in [-0.2, 0) is 5.41 Å². The molecule has 0 radical (unpaired) electrons. The van der Waals surface area contributed by atoms with Crippen molar-refractivity contribution in [2.45, 2.75) is 32.1 Å². The van der Waals surface area contributed by atoms with Crippen molar-refractivity contribution in [1.82, 2.24) is 0 Å². The Morgan fingerprint density at radius 1 is 0.625 bits per heavy atom.